The smallest absolute Gasteiger partial charge is 0.263 e. The van der Waals surface area contributed by atoms with Crippen molar-refractivity contribution in [3.05, 3.63) is 11.8 Å². The van der Waals surface area contributed by atoms with Crippen LogP contribution in [-0.2, 0) is 4.79 Å². The van der Waals surface area contributed by atoms with Crippen molar-refractivity contribution < 1.29 is 4.79 Å². The molecule has 0 spiro atoms. The number of nitriles is 1. The van der Waals surface area contributed by atoms with Gasteiger partial charge in [-0.05, 0) is 12.8 Å². The molecule has 0 atom stereocenters. The Morgan fingerprint density at radius 1 is 1.25 bits per heavy atom. The molecule has 4 nitrogen and oxygen atoms in total. The lowest BCUT2D eigenvalue weighted by Crippen LogP contribution is -2.27. The third-order valence-corrected chi connectivity index (χ3v) is 2.20. The van der Waals surface area contributed by atoms with Gasteiger partial charge in [0.15, 0.2) is 0 Å². The number of hydrogen-bond donors (Lipinski definition) is 2. The molecule has 0 aromatic rings. The summed E-state index contributed by atoms with van der Waals surface area (Å²) in [6, 6.07) is 1.83. The number of nitrogens with zero attached hydrogens (tertiary/aromatic N) is 1. The highest BCUT2D eigenvalue weighted by molar-refractivity contribution is 6.18. The zero-order chi connectivity index (χ0) is 12.2. The zero-order valence-electron chi connectivity index (χ0n) is 8.93. The van der Waals surface area contributed by atoms with Gasteiger partial charge in [-0.3, -0.25) is 4.79 Å². The van der Waals surface area contributed by atoms with Crippen LogP contribution in [0.25, 0.3) is 0 Å². The topological polar surface area (TPSA) is 64.9 Å². The number of hydrogen-bond acceptors (Lipinski definition) is 3. The fourth-order valence-corrected chi connectivity index (χ4v) is 1.12. The molecule has 0 rings (SSSR count). The van der Waals surface area contributed by atoms with Crippen molar-refractivity contribution in [1.82, 2.24) is 10.6 Å². The highest BCUT2D eigenvalue weighted by atomic mass is 35.5. The van der Waals surface area contributed by atoms with Crippen molar-refractivity contribution in [2.75, 3.05) is 24.8 Å². The van der Waals surface area contributed by atoms with Gasteiger partial charge in [-0.15, -0.1) is 23.2 Å². The molecule has 2 N–H and O–H groups in total. The summed E-state index contributed by atoms with van der Waals surface area (Å²) < 4.78 is 0. The van der Waals surface area contributed by atoms with Gasteiger partial charge in [0.2, 0.25) is 0 Å². The van der Waals surface area contributed by atoms with Crippen LogP contribution < -0.4 is 10.6 Å². The third kappa shape index (κ3) is 7.38. The molecule has 1 amide bonds. The van der Waals surface area contributed by atoms with Crippen LogP contribution >= 0.6 is 23.2 Å². The van der Waals surface area contributed by atoms with Gasteiger partial charge < -0.3 is 10.6 Å². The number of amides is 1. The standard InChI is InChI=1S/C10H15Cl2N3O/c11-3-1-5-14-8-9(7-13)10(16)15-6-2-4-12/h8,14H,1-6H2,(H,15,16)/b9-8-. The Kier molecular flexibility index (Phi) is 9.98. The van der Waals surface area contributed by atoms with Crippen molar-refractivity contribution in [2.24, 2.45) is 0 Å². The van der Waals surface area contributed by atoms with Crippen molar-refractivity contribution in [1.29, 1.82) is 5.26 Å². The van der Waals surface area contributed by atoms with E-state index in [0.717, 1.165) is 6.42 Å². The molecule has 16 heavy (non-hydrogen) atoms. The minimum absolute atomic E-state index is 0.0594. The maximum atomic E-state index is 11.4. The lowest BCUT2D eigenvalue weighted by molar-refractivity contribution is -0.117. The average molecular weight is 264 g/mol. The van der Waals surface area contributed by atoms with Crippen molar-refractivity contribution in [3.63, 3.8) is 0 Å². The van der Waals surface area contributed by atoms with E-state index >= 15 is 0 Å². The summed E-state index contributed by atoms with van der Waals surface area (Å²) in [5.41, 5.74) is 0.0594. The van der Waals surface area contributed by atoms with Crippen LogP contribution in [0.2, 0.25) is 0 Å². The van der Waals surface area contributed by atoms with Gasteiger partial charge in [0.05, 0.1) is 0 Å². The number of rotatable bonds is 8. The summed E-state index contributed by atoms with van der Waals surface area (Å²) in [7, 11) is 0. The van der Waals surface area contributed by atoms with E-state index in [-0.39, 0.29) is 11.5 Å². The summed E-state index contributed by atoms with van der Waals surface area (Å²) in [6.07, 6.45) is 2.87. The van der Waals surface area contributed by atoms with Crippen LogP contribution in [-0.4, -0.2) is 30.8 Å². The van der Waals surface area contributed by atoms with Crippen LogP contribution in [0.3, 0.4) is 0 Å². The minimum Gasteiger partial charge on any atom is -0.390 e. The number of nitrogens with one attached hydrogen (secondary N) is 2. The maximum absolute atomic E-state index is 11.4. The van der Waals surface area contributed by atoms with Crippen molar-refractivity contribution in [3.8, 4) is 6.07 Å². The Labute approximate surface area is 106 Å². The molecule has 0 aromatic carbocycles. The van der Waals surface area contributed by atoms with Crippen LogP contribution in [0.15, 0.2) is 11.8 Å². The van der Waals surface area contributed by atoms with E-state index in [4.69, 9.17) is 28.5 Å². The molecular weight excluding hydrogens is 249 g/mol. The minimum atomic E-state index is -0.383. The lowest BCUT2D eigenvalue weighted by atomic mass is 10.3. The van der Waals surface area contributed by atoms with Gasteiger partial charge >= 0.3 is 0 Å². The Hall–Kier alpha value is -0.920. The summed E-state index contributed by atoms with van der Waals surface area (Å²) in [5, 5.41) is 14.2. The SMILES string of the molecule is N#C/C(=C/NCCCCl)C(=O)NCCCCl. The molecule has 0 bridgehead atoms. The Morgan fingerprint density at radius 2 is 1.88 bits per heavy atom. The van der Waals surface area contributed by atoms with Crippen LogP contribution in [0.5, 0.6) is 0 Å². The molecule has 6 heteroatoms. The molecule has 0 radical (unpaired) electrons. The molecule has 0 heterocycles. The summed E-state index contributed by atoms with van der Waals surface area (Å²) in [6.45, 7) is 1.12. The van der Waals surface area contributed by atoms with E-state index in [0.29, 0.717) is 31.3 Å². The first-order chi connectivity index (χ1) is 7.76. The fourth-order valence-electron chi connectivity index (χ4n) is 0.856. The van der Waals surface area contributed by atoms with Crippen molar-refractivity contribution in [2.45, 2.75) is 12.8 Å². The van der Waals surface area contributed by atoms with Gasteiger partial charge in [-0.2, -0.15) is 5.26 Å². The predicted octanol–water partition coefficient (Wildman–Crippen LogP) is 1.36. The molecule has 0 aliphatic heterocycles. The number of halogens is 2. The van der Waals surface area contributed by atoms with E-state index < -0.39 is 0 Å². The zero-order valence-corrected chi connectivity index (χ0v) is 10.4. The van der Waals surface area contributed by atoms with Crippen molar-refractivity contribution >= 4 is 29.1 Å². The first-order valence-corrected chi connectivity index (χ1v) is 6.07. The lowest BCUT2D eigenvalue weighted by Gasteiger charge is -2.03. The Bertz CT molecular complexity index is 274. The normalized spacial score (nSPS) is 10.7. The molecule has 0 fully saturated rings. The Morgan fingerprint density at radius 3 is 2.44 bits per heavy atom. The Balaban J connectivity index is 3.96. The summed E-state index contributed by atoms with van der Waals surface area (Å²) in [4.78, 5) is 11.4. The van der Waals surface area contributed by atoms with Gasteiger partial charge in [0.25, 0.3) is 5.91 Å². The molecule has 0 aromatic heterocycles. The predicted molar refractivity (Wildman–Crippen MR) is 65.4 cm³/mol. The fraction of sp³-hybridized carbons (Fsp3) is 0.600. The molecular formula is C10H15Cl2N3O. The van der Waals surface area contributed by atoms with Gasteiger partial charge in [0, 0.05) is 31.0 Å². The van der Waals surface area contributed by atoms with Crippen LogP contribution in [0, 0.1) is 11.3 Å². The molecule has 0 unspecified atom stereocenters. The number of alkyl halides is 2. The summed E-state index contributed by atoms with van der Waals surface area (Å²) >= 11 is 10.9. The highest BCUT2D eigenvalue weighted by Gasteiger charge is 2.06. The second kappa shape index (κ2) is 10.6. The number of carbonyl (C=O) groups excluding carboxylic acids is 1. The second-order valence-corrected chi connectivity index (χ2v) is 3.72. The van der Waals surface area contributed by atoms with E-state index in [2.05, 4.69) is 10.6 Å². The molecule has 0 aliphatic carbocycles. The molecule has 0 saturated carbocycles. The maximum Gasteiger partial charge on any atom is 0.263 e. The first kappa shape index (κ1) is 15.1. The van der Waals surface area contributed by atoms with Gasteiger partial charge in [0.1, 0.15) is 11.6 Å². The second-order valence-electron chi connectivity index (χ2n) is 2.96. The molecule has 0 aliphatic rings. The average Bonchev–Trinajstić information content (AvgIpc) is 2.29. The van der Waals surface area contributed by atoms with Crippen LogP contribution in [0.4, 0.5) is 0 Å². The number of carbonyl (C=O) groups is 1. The van der Waals surface area contributed by atoms with E-state index in [9.17, 15) is 4.79 Å². The quantitative estimate of drug-likeness (QED) is 0.301. The van der Waals surface area contributed by atoms with E-state index in [1.807, 2.05) is 6.07 Å². The molecule has 90 valence electrons. The van der Waals surface area contributed by atoms with Crippen LogP contribution in [0.1, 0.15) is 12.8 Å². The first-order valence-electron chi connectivity index (χ1n) is 5.00. The van der Waals surface area contributed by atoms with E-state index in [1.165, 1.54) is 6.20 Å². The third-order valence-electron chi connectivity index (χ3n) is 1.66. The van der Waals surface area contributed by atoms with Gasteiger partial charge in [-0.1, -0.05) is 0 Å². The largest absolute Gasteiger partial charge is 0.390 e. The van der Waals surface area contributed by atoms with E-state index in [1.54, 1.807) is 0 Å². The van der Waals surface area contributed by atoms with Gasteiger partial charge in [-0.25, -0.2) is 0 Å². The highest BCUT2D eigenvalue weighted by Crippen LogP contribution is 1.91. The molecule has 0 saturated heterocycles. The summed E-state index contributed by atoms with van der Waals surface area (Å²) in [5.74, 6) is 0.649. The monoisotopic (exact) mass is 263 g/mol.